The standard InChI is InChI=1S/C5H6O4.C2H5.Pb/c1-3(5(8)9)2-4(6)7;1-2;/h1-2H2,(H,6,7)(H,8,9);1H2,2H3;. The van der Waals surface area contributed by atoms with E-state index in [2.05, 4.69) is 13.5 Å². The number of hydrogen-bond acceptors (Lipinski definition) is 2. The molecule has 3 radical (unpaired) electrons. The zero-order chi connectivity index (χ0) is 10.1. The summed E-state index contributed by atoms with van der Waals surface area (Å²) in [5.74, 6) is -2.44. The molecule has 0 aromatic carbocycles. The molecule has 2 N–H and O–H groups in total. The van der Waals surface area contributed by atoms with E-state index >= 15 is 0 Å². The Bertz CT molecular complexity index is 176. The van der Waals surface area contributed by atoms with Crippen LogP contribution < -0.4 is 0 Å². The first kappa shape index (κ1) is 14.1. The Hall–Kier alpha value is -0.398. The van der Waals surface area contributed by atoms with Crippen molar-refractivity contribution in [3.63, 3.8) is 0 Å². The normalized spacial score (nSPS) is 7.83. The van der Waals surface area contributed by atoms with Crippen molar-refractivity contribution in [2.75, 3.05) is 0 Å². The fourth-order valence-electron chi connectivity index (χ4n) is 0.258. The van der Waals surface area contributed by atoms with Gasteiger partial charge >= 0.3 is 48.6 Å². The van der Waals surface area contributed by atoms with E-state index in [9.17, 15) is 9.59 Å². The van der Waals surface area contributed by atoms with Gasteiger partial charge in [-0.05, 0) is 0 Å². The Balaban J connectivity index is 0. The number of aliphatic carboxylic acids is 2. The van der Waals surface area contributed by atoms with Gasteiger partial charge in [-0.25, -0.2) is 4.79 Å². The van der Waals surface area contributed by atoms with Gasteiger partial charge in [-0.3, -0.25) is 4.79 Å². The molecule has 0 bridgehead atoms. The van der Waals surface area contributed by atoms with E-state index in [0.717, 1.165) is 0 Å². The van der Waals surface area contributed by atoms with Crippen LogP contribution in [0.5, 0.6) is 0 Å². The third-order valence-electron chi connectivity index (χ3n) is 0.667. The summed E-state index contributed by atoms with van der Waals surface area (Å²) in [5.41, 5.74) is -0.303. The third-order valence-corrected chi connectivity index (χ3v) is 0.667. The molecule has 0 amide bonds. The molecule has 0 spiro atoms. The summed E-state index contributed by atoms with van der Waals surface area (Å²) in [5, 5.41) is 16.1. The monoisotopic (exact) mass is 367 g/mol. The molecule has 0 aliphatic carbocycles. The van der Waals surface area contributed by atoms with Crippen molar-refractivity contribution in [2.45, 2.75) is 17.3 Å². The Morgan fingerprint density at radius 1 is 1.42 bits per heavy atom. The van der Waals surface area contributed by atoms with E-state index in [1.807, 2.05) is 0 Å². The SMILES string of the molecule is C=C(CC(=O)O)C(=O)O.C[CH2][Pb]. The minimum atomic E-state index is -1.27. The molecular formula is C7H11O4Pb. The average Bonchev–Trinajstić information content (AvgIpc) is 1.87. The Morgan fingerprint density at radius 3 is 1.83 bits per heavy atom. The van der Waals surface area contributed by atoms with Crippen molar-refractivity contribution in [3.05, 3.63) is 12.2 Å². The molecule has 0 aliphatic heterocycles. The zero-order valence-electron chi connectivity index (χ0n) is 6.83. The first-order valence-electron chi connectivity index (χ1n) is 3.23. The van der Waals surface area contributed by atoms with E-state index in [1.54, 1.807) is 0 Å². The molecule has 0 aromatic rings. The molecule has 67 valence electrons. The van der Waals surface area contributed by atoms with Gasteiger partial charge < -0.3 is 10.2 Å². The van der Waals surface area contributed by atoms with E-state index in [0.29, 0.717) is 0 Å². The third kappa shape index (κ3) is 12.3. The fourth-order valence-corrected chi connectivity index (χ4v) is 0.258. The quantitative estimate of drug-likeness (QED) is 0.570. The number of carboxylic acids is 2. The summed E-state index contributed by atoms with van der Waals surface area (Å²) < 4.78 is 1.39. The molecule has 12 heavy (non-hydrogen) atoms. The second-order valence-electron chi connectivity index (χ2n) is 1.83. The van der Waals surface area contributed by atoms with Crippen LogP contribution in [0.4, 0.5) is 0 Å². The van der Waals surface area contributed by atoms with Crippen molar-refractivity contribution in [3.8, 4) is 0 Å². The molecule has 0 aliphatic rings. The molecular weight excluding hydrogens is 355 g/mol. The van der Waals surface area contributed by atoms with Crippen LogP contribution in [-0.4, -0.2) is 47.9 Å². The summed E-state index contributed by atoms with van der Waals surface area (Å²) in [6, 6.07) is 0. The van der Waals surface area contributed by atoms with E-state index < -0.39 is 18.4 Å². The van der Waals surface area contributed by atoms with Crippen LogP contribution in [0.2, 0.25) is 3.98 Å². The van der Waals surface area contributed by atoms with Crippen LogP contribution in [-0.2, 0) is 9.59 Å². The van der Waals surface area contributed by atoms with Crippen molar-refractivity contribution in [1.82, 2.24) is 0 Å². The van der Waals surface area contributed by atoms with Gasteiger partial charge in [0, 0.05) is 5.57 Å². The first-order valence-corrected chi connectivity index (χ1v) is 5.98. The predicted octanol–water partition coefficient (Wildman–Crippen LogP) is 0.695. The van der Waals surface area contributed by atoms with Crippen LogP contribution in [0.25, 0.3) is 0 Å². The van der Waals surface area contributed by atoms with Gasteiger partial charge in [0.25, 0.3) is 0 Å². The molecule has 0 unspecified atom stereocenters. The molecule has 5 heteroatoms. The predicted molar refractivity (Wildman–Crippen MR) is 45.3 cm³/mol. The second kappa shape index (κ2) is 8.70. The number of carboxylic acid groups (broad SMARTS) is 2. The Morgan fingerprint density at radius 2 is 1.75 bits per heavy atom. The topological polar surface area (TPSA) is 74.6 Å². The maximum atomic E-state index is 9.87. The molecule has 0 rings (SSSR count). The van der Waals surface area contributed by atoms with Gasteiger partial charge in [0.05, 0.1) is 6.42 Å². The van der Waals surface area contributed by atoms with Gasteiger partial charge in [-0.15, -0.1) is 0 Å². The zero-order valence-corrected chi connectivity index (χ0v) is 10.7. The van der Waals surface area contributed by atoms with Gasteiger partial charge in [-0.1, -0.05) is 6.58 Å². The first-order chi connectivity index (χ1) is 5.45. The summed E-state index contributed by atoms with van der Waals surface area (Å²) in [6.07, 6.45) is -0.505. The van der Waals surface area contributed by atoms with Crippen molar-refractivity contribution in [1.29, 1.82) is 0 Å². The van der Waals surface area contributed by atoms with Crippen molar-refractivity contribution >= 4 is 37.7 Å². The molecule has 0 saturated heterocycles. The van der Waals surface area contributed by atoms with Crippen LogP contribution in [0, 0.1) is 0 Å². The minimum absolute atomic E-state index is 0.303. The van der Waals surface area contributed by atoms with Crippen LogP contribution in [0.3, 0.4) is 0 Å². The maximum absolute atomic E-state index is 9.87. The molecule has 0 atom stereocenters. The number of rotatable bonds is 3. The molecule has 0 heterocycles. The Kier molecular flexibility index (Phi) is 10.3. The van der Waals surface area contributed by atoms with Gasteiger partial charge in [0.1, 0.15) is 0 Å². The van der Waals surface area contributed by atoms with Crippen molar-refractivity contribution < 1.29 is 19.8 Å². The molecule has 0 saturated carbocycles. The fraction of sp³-hybridized carbons (Fsp3) is 0.429. The van der Waals surface area contributed by atoms with Crippen LogP contribution in [0.15, 0.2) is 12.2 Å². The second-order valence-corrected chi connectivity index (χ2v) is 4.58. The van der Waals surface area contributed by atoms with Gasteiger partial charge in [-0.2, -0.15) is 0 Å². The number of hydrogen-bond donors (Lipinski definition) is 2. The summed E-state index contributed by atoms with van der Waals surface area (Å²) in [7, 11) is 0. The summed E-state index contributed by atoms with van der Waals surface area (Å²) >= 11 is 1.37. The van der Waals surface area contributed by atoms with E-state index in [-0.39, 0.29) is 5.57 Å². The molecule has 0 fully saturated rings. The summed E-state index contributed by atoms with van der Waals surface area (Å²) in [4.78, 5) is 19.7. The average molecular weight is 366 g/mol. The molecule has 0 aromatic heterocycles. The van der Waals surface area contributed by atoms with Gasteiger partial charge in [0.15, 0.2) is 0 Å². The van der Waals surface area contributed by atoms with Crippen molar-refractivity contribution in [2.24, 2.45) is 0 Å². The molecule has 4 nitrogen and oxygen atoms in total. The van der Waals surface area contributed by atoms with E-state index in [1.165, 1.54) is 29.7 Å². The Labute approximate surface area is 87.0 Å². The van der Waals surface area contributed by atoms with Crippen LogP contribution >= 0.6 is 0 Å². The van der Waals surface area contributed by atoms with Gasteiger partial charge in [0.2, 0.25) is 0 Å². The van der Waals surface area contributed by atoms with Crippen LogP contribution in [0.1, 0.15) is 13.3 Å². The van der Waals surface area contributed by atoms with E-state index in [4.69, 9.17) is 10.2 Å². The summed E-state index contributed by atoms with van der Waals surface area (Å²) in [6.45, 7) is 5.20. The number of carbonyl (C=O) groups is 2.